The number of amides is 1. The molecule has 0 saturated carbocycles. The Morgan fingerprint density at radius 1 is 0.966 bits per heavy atom. The van der Waals surface area contributed by atoms with Gasteiger partial charge in [-0.2, -0.15) is 0 Å². The van der Waals surface area contributed by atoms with E-state index in [0.29, 0.717) is 12.1 Å². The Labute approximate surface area is 178 Å². The van der Waals surface area contributed by atoms with Crippen LogP contribution in [0.4, 0.5) is 5.69 Å². The van der Waals surface area contributed by atoms with E-state index in [2.05, 4.69) is 22.5 Å². The highest BCUT2D eigenvalue weighted by molar-refractivity contribution is 9.10. The van der Waals surface area contributed by atoms with Crippen LogP contribution >= 0.6 is 15.9 Å². The van der Waals surface area contributed by atoms with E-state index in [4.69, 9.17) is 4.98 Å². The lowest BCUT2D eigenvalue weighted by molar-refractivity contribution is 0.0991. The first-order valence-corrected chi connectivity index (χ1v) is 10.1. The molecule has 29 heavy (non-hydrogen) atoms. The predicted molar refractivity (Wildman–Crippen MR) is 123 cm³/mol. The molecule has 0 aliphatic carbocycles. The number of hydrogen-bond donors (Lipinski definition) is 0. The molecule has 0 radical (unpaired) electrons. The summed E-state index contributed by atoms with van der Waals surface area (Å²) in [4.78, 5) is 20.2. The largest absolute Gasteiger partial charge is 0.305 e. The van der Waals surface area contributed by atoms with Crippen LogP contribution in [0, 0.1) is 0 Å². The fourth-order valence-electron chi connectivity index (χ4n) is 3.31. The first kappa shape index (κ1) is 19.1. The molecule has 142 valence electrons. The lowest BCUT2D eigenvalue weighted by Crippen LogP contribution is -2.31. The number of para-hydroxylation sites is 2. The maximum Gasteiger partial charge on any atom is 0.259 e. The summed E-state index contributed by atoms with van der Waals surface area (Å²) in [7, 11) is 0. The Bertz CT molecular complexity index is 1170. The van der Waals surface area contributed by atoms with Crippen molar-refractivity contribution in [1.29, 1.82) is 0 Å². The molecule has 0 fully saturated rings. The van der Waals surface area contributed by atoms with Crippen molar-refractivity contribution < 1.29 is 4.79 Å². The predicted octanol–water partition coefficient (Wildman–Crippen LogP) is 6.50. The third kappa shape index (κ3) is 3.98. The van der Waals surface area contributed by atoms with Crippen LogP contribution in [0.15, 0.2) is 102 Å². The van der Waals surface area contributed by atoms with Crippen molar-refractivity contribution in [2.45, 2.75) is 0 Å². The van der Waals surface area contributed by atoms with Crippen LogP contribution in [0.1, 0.15) is 10.4 Å². The number of aromatic nitrogens is 1. The number of rotatable bonds is 5. The van der Waals surface area contributed by atoms with Gasteiger partial charge in [0.25, 0.3) is 5.91 Å². The van der Waals surface area contributed by atoms with Gasteiger partial charge in [-0.05, 0) is 36.4 Å². The highest BCUT2D eigenvalue weighted by Crippen LogP contribution is 2.28. The SMILES string of the molecule is C=CCN(C(=O)c1cc(-c2ccc(Br)cc2)nc2ccccc12)c1ccccc1. The monoisotopic (exact) mass is 442 g/mol. The Balaban J connectivity index is 1.88. The quantitative estimate of drug-likeness (QED) is 0.330. The van der Waals surface area contributed by atoms with E-state index in [0.717, 1.165) is 32.3 Å². The second kappa shape index (κ2) is 8.41. The van der Waals surface area contributed by atoms with Crippen molar-refractivity contribution >= 4 is 38.4 Å². The third-order valence-electron chi connectivity index (χ3n) is 4.71. The van der Waals surface area contributed by atoms with Gasteiger partial charge in [-0.25, -0.2) is 4.98 Å². The van der Waals surface area contributed by atoms with Crippen molar-refractivity contribution in [3.63, 3.8) is 0 Å². The van der Waals surface area contributed by atoms with E-state index in [-0.39, 0.29) is 5.91 Å². The molecule has 0 aliphatic rings. The van der Waals surface area contributed by atoms with Crippen LogP contribution in [-0.4, -0.2) is 17.4 Å². The Morgan fingerprint density at radius 3 is 2.38 bits per heavy atom. The normalized spacial score (nSPS) is 10.7. The molecule has 0 bridgehead atoms. The van der Waals surface area contributed by atoms with Gasteiger partial charge in [-0.3, -0.25) is 4.79 Å². The molecule has 0 N–H and O–H groups in total. The van der Waals surface area contributed by atoms with Gasteiger partial charge in [0.15, 0.2) is 0 Å². The zero-order valence-electron chi connectivity index (χ0n) is 15.8. The number of pyridine rings is 1. The van der Waals surface area contributed by atoms with Gasteiger partial charge < -0.3 is 4.90 Å². The summed E-state index contributed by atoms with van der Waals surface area (Å²) in [5.41, 5.74) is 3.99. The van der Waals surface area contributed by atoms with Crippen molar-refractivity contribution in [3.05, 3.63) is 108 Å². The first-order valence-electron chi connectivity index (χ1n) is 9.31. The topological polar surface area (TPSA) is 33.2 Å². The van der Waals surface area contributed by atoms with Gasteiger partial charge in [0.2, 0.25) is 0 Å². The number of carbonyl (C=O) groups excluding carboxylic acids is 1. The summed E-state index contributed by atoms with van der Waals surface area (Å²) in [5, 5.41) is 0.836. The molecule has 0 atom stereocenters. The van der Waals surface area contributed by atoms with Gasteiger partial charge in [-0.1, -0.05) is 70.5 Å². The molecule has 0 aliphatic heterocycles. The van der Waals surface area contributed by atoms with E-state index in [1.54, 1.807) is 11.0 Å². The van der Waals surface area contributed by atoms with E-state index in [9.17, 15) is 4.79 Å². The highest BCUT2D eigenvalue weighted by atomic mass is 79.9. The van der Waals surface area contributed by atoms with Crippen LogP contribution in [0.3, 0.4) is 0 Å². The maximum atomic E-state index is 13.6. The minimum absolute atomic E-state index is 0.0759. The van der Waals surface area contributed by atoms with Gasteiger partial charge in [0.1, 0.15) is 0 Å². The molecule has 0 unspecified atom stereocenters. The van der Waals surface area contributed by atoms with Gasteiger partial charge in [-0.15, -0.1) is 6.58 Å². The summed E-state index contributed by atoms with van der Waals surface area (Å²) in [6, 6.07) is 27.2. The molecular weight excluding hydrogens is 424 g/mol. The fraction of sp³-hybridized carbons (Fsp3) is 0.0400. The summed E-state index contributed by atoms with van der Waals surface area (Å²) in [6.45, 7) is 4.25. The Kier molecular flexibility index (Phi) is 5.54. The molecule has 4 aromatic rings. The van der Waals surface area contributed by atoms with Gasteiger partial charge >= 0.3 is 0 Å². The van der Waals surface area contributed by atoms with Crippen LogP contribution in [-0.2, 0) is 0 Å². The molecule has 3 aromatic carbocycles. The number of fused-ring (bicyclic) bond motifs is 1. The van der Waals surface area contributed by atoms with Crippen LogP contribution in [0.25, 0.3) is 22.2 Å². The van der Waals surface area contributed by atoms with Crippen LogP contribution in [0.2, 0.25) is 0 Å². The zero-order valence-corrected chi connectivity index (χ0v) is 17.3. The van der Waals surface area contributed by atoms with Crippen molar-refractivity contribution in [2.24, 2.45) is 0 Å². The van der Waals surface area contributed by atoms with E-state index < -0.39 is 0 Å². The molecule has 4 rings (SSSR count). The Morgan fingerprint density at radius 2 is 1.66 bits per heavy atom. The number of halogens is 1. The molecule has 0 saturated heterocycles. The van der Waals surface area contributed by atoms with Crippen molar-refractivity contribution in [1.82, 2.24) is 4.98 Å². The number of hydrogen-bond acceptors (Lipinski definition) is 2. The molecule has 1 aromatic heterocycles. The van der Waals surface area contributed by atoms with Gasteiger partial charge in [0, 0.05) is 27.7 Å². The van der Waals surface area contributed by atoms with Crippen molar-refractivity contribution in [2.75, 3.05) is 11.4 Å². The van der Waals surface area contributed by atoms with E-state index >= 15 is 0 Å². The second-order valence-corrected chi connectivity index (χ2v) is 7.53. The molecular formula is C25H19BrN2O. The number of carbonyl (C=O) groups is 1. The molecule has 0 spiro atoms. The molecule has 1 amide bonds. The molecule has 3 nitrogen and oxygen atoms in total. The smallest absolute Gasteiger partial charge is 0.259 e. The third-order valence-corrected chi connectivity index (χ3v) is 5.24. The Hall–Kier alpha value is -3.24. The van der Waals surface area contributed by atoms with E-state index in [1.807, 2.05) is 84.9 Å². The highest BCUT2D eigenvalue weighted by Gasteiger charge is 2.20. The zero-order chi connectivity index (χ0) is 20.2. The number of benzene rings is 3. The van der Waals surface area contributed by atoms with Gasteiger partial charge in [0.05, 0.1) is 16.8 Å². The fourth-order valence-corrected chi connectivity index (χ4v) is 3.57. The lowest BCUT2D eigenvalue weighted by Gasteiger charge is -2.22. The van der Waals surface area contributed by atoms with E-state index in [1.165, 1.54) is 0 Å². The minimum Gasteiger partial charge on any atom is -0.305 e. The van der Waals surface area contributed by atoms with Crippen LogP contribution in [0.5, 0.6) is 0 Å². The molecule has 1 heterocycles. The summed E-state index contributed by atoms with van der Waals surface area (Å²) < 4.78 is 1.000. The summed E-state index contributed by atoms with van der Waals surface area (Å²) >= 11 is 3.47. The second-order valence-electron chi connectivity index (χ2n) is 6.62. The summed E-state index contributed by atoms with van der Waals surface area (Å²) in [5.74, 6) is -0.0759. The van der Waals surface area contributed by atoms with Crippen molar-refractivity contribution in [3.8, 4) is 11.3 Å². The number of anilines is 1. The van der Waals surface area contributed by atoms with Crippen LogP contribution < -0.4 is 4.90 Å². The molecule has 4 heteroatoms. The first-order chi connectivity index (χ1) is 14.2. The maximum absolute atomic E-state index is 13.6. The number of nitrogens with zero attached hydrogens (tertiary/aromatic N) is 2. The minimum atomic E-state index is -0.0759. The average Bonchev–Trinajstić information content (AvgIpc) is 2.77. The standard InChI is InChI=1S/C25H19BrN2O/c1-2-16-28(20-8-4-3-5-9-20)25(29)22-17-24(18-12-14-19(26)15-13-18)27-23-11-7-6-10-21(22)23/h2-15,17H,1,16H2. The summed E-state index contributed by atoms with van der Waals surface area (Å²) in [6.07, 6.45) is 1.74. The average molecular weight is 443 g/mol. The lowest BCUT2D eigenvalue weighted by atomic mass is 10.0.